The minimum atomic E-state index is 0.197. The first-order valence-electron chi connectivity index (χ1n) is 10.3. The average Bonchev–Trinajstić information content (AvgIpc) is 3.23. The molecule has 0 saturated carbocycles. The van der Waals surface area contributed by atoms with Gasteiger partial charge in [-0.15, -0.1) is 0 Å². The second-order valence-electron chi connectivity index (χ2n) is 7.40. The molecule has 31 heavy (non-hydrogen) atoms. The number of hydrogen-bond acceptors (Lipinski definition) is 6. The highest BCUT2D eigenvalue weighted by Gasteiger charge is 2.20. The van der Waals surface area contributed by atoms with Crippen LogP contribution in [0, 0.1) is 0 Å². The standard InChI is InChI=1S/C24H23N5O2/c30-20-10-4-9-19(16-20)21-22-23(27-24(26-21)28-12-14-31-15-13-28)29(17-25-22)11-5-8-18-6-2-1-3-7-18/h1-10,16-17,30H,11-15H2/b8-5+. The summed E-state index contributed by atoms with van der Waals surface area (Å²) in [5.41, 5.74) is 4.17. The Morgan fingerprint density at radius 1 is 1.00 bits per heavy atom. The van der Waals surface area contributed by atoms with Gasteiger partial charge in [0.2, 0.25) is 5.95 Å². The van der Waals surface area contributed by atoms with Gasteiger partial charge >= 0.3 is 0 Å². The quantitative estimate of drug-likeness (QED) is 0.537. The van der Waals surface area contributed by atoms with E-state index in [0.29, 0.717) is 31.4 Å². The number of aromatic nitrogens is 4. The number of hydrogen-bond donors (Lipinski definition) is 1. The van der Waals surface area contributed by atoms with E-state index in [1.54, 1.807) is 18.5 Å². The number of rotatable bonds is 5. The molecule has 156 valence electrons. The molecule has 7 heteroatoms. The fourth-order valence-electron chi connectivity index (χ4n) is 3.69. The van der Waals surface area contributed by atoms with Gasteiger partial charge in [0.15, 0.2) is 5.65 Å². The van der Waals surface area contributed by atoms with Gasteiger partial charge in [0, 0.05) is 25.2 Å². The first kappa shape index (κ1) is 19.3. The fraction of sp³-hybridized carbons (Fsp3) is 0.208. The van der Waals surface area contributed by atoms with E-state index in [1.807, 2.05) is 34.9 Å². The van der Waals surface area contributed by atoms with Gasteiger partial charge in [0.1, 0.15) is 17.0 Å². The smallest absolute Gasteiger partial charge is 0.228 e. The van der Waals surface area contributed by atoms with Crippen LogP contribution in [-0.4, -0.2) is 50.9 Å². The number of morpholine rings is 1. The third-order valence-corrected chi connectivity index (χ3v) is 5.28. The lowest BCUT2D eigenvalue weighted by Gasteiger charge is -2.27. The number of phenolic OH excluding ortho intramolecular Hbond substituents is 1. The number of benzene rings is 2. The zero-order valence-electron chi connectivity index (χ0n) is 17.1. The van der Waals surface area contributed by atoms with Crippen molar-refractivity contribution in [2.45, 2.75) is 6.54 Å². The number of phenols is 1. The van der Waals surface area contributed by atoms with Crippen molar-refractivity contribution in [3.05, 3.63) is 72.6 Å². The lowest BCUT2D eigenvalue weighted by atomic mass is 10.1. The molecule has 0 atom stereocenters. The molecule has 1 saturated heterocycles. The zero-order valence-corrected chi connectivity index (χ0v) is 17.1. The van der Waals surface area contributed by atoms with Crippen molar-refractivity contribution >= 4 is 23.2 Å². The fourth-order valence-corrected chi connectivity index (χ4v) is 3.69. The van der Waals surface area contributed by atoms with E-state index in [2.05, 4.69) is 34.2 Å². The molecule has 3 heterocycles. The van der Waals surface area contributed by atoms with E-state index in [1.165, 1.54) is 0 Å². The van der Waals surface area contributed by atoms with Crippen LogP contribution in [0.4, 0.5) is 5.95 Å². The van der Waals surface area contributed by atoms with Crippen LogP contribution < -0.4 is 4.90 Å². The second kappa shape index (κ2) is 8.57. The maximum Gasteiger partial charge on any atom is 0.228 e. The molecular weight excluding hydrogens is 390 g/mol. The van der Waals surface area contributed by atoms with Crippen LogP contribution in [0.1, 0.15) is 5.56 Å². The molecule has 0 aliphatic carbocycles. The van der Waals surface area contributed by atoms with Crippen molar-refractivity contribution in [1.82, 2.24) is 19.5 Å². The van der Waals surface area contributed by atoms with Crippen LogP contribution in [-0.2, 0) is 11.3 Å². The molecule has 7 nitrogen and oxygen atoms in total. The highest BCUT2D eigenvalue weighted by molar-refractivity contribution is 5.88. The van der Waals surface area contributed by atoms with E-state index in [9.17, 15) is 5.11 Å². The van der Waals surface area contributed by atoms with Crippen LogP contribution in [0.25, 0.3) is 28.5 Å². The topological polar surface area (TPSA) is 76.3 Å². The van der Waals surface area contributed by atoms with Crippen molar-refractivity contribution in [2.75, 3.05) is 31.2 Å². The summed E-state index contributed by atoms with van der Waals surface area (Å²) in [6.07, 6.45) is 5.98. The van der Waals surface area contributed by atoms with Gasteiger partial charge in [-0.1, -0.05) is 54.6 Å². The number of allylic oxidation sites excluding steroid dienone is 1. The summed E-state index contributed by atoms with van der Waals surface area (Å²) in [6, 6.07) is 17.3. The third kappa shape index (κ3) is 4.13. The Morgan fingerprint density at radius 3 is 2.65 bits per heavy atom. The van der Waals surface area contributed by atoms with Crippen molar-refractivity contribution < 1.29 is 9.84 Å². The first-order chi connectivity index (χ1) is 15.3. The normalized spacial score (nSPS) is 14.5. The van der Waals surface area contributed by atoms with Gasteiger partial charge in [-0.25, -0.2) is 9.97 Å². The Kier molecular flexibility index (Phi) is 5.33. The molecule has 1 aliphatic rings. The Bertz CT molecular complexity index is 1210. The minimum Gasteiger partial charge on any atom is -0.508 e. The summed E-state index contributed by atoms with van der Waals surface area (Å²) in [7, 11) is 0. The minimum absolute atomic E-state index is 0.197. The summed E-state index contributed by atoms with van der Waals surface area (Å²) in [6.45, 7) is 3.44. The largest absolute Gasteiger partial charge is 0.508 e. The molecule has 0 amide bonds. The summed E-state index contributed by atoms with van der Waals surface area (Å²) in [4.78, 5) is 16.4. The lowest BCUT2D eigenvalue weighted by molar-refractivity contribution is 0.122. The number of nitrogens with zero attached hydrogens (tertiary/aromatic N) is 5. The Hall–Kier alpha value is -3.71. The van der Waals surface area contributed by atoms with Gasteiger partial charge in [-0.2, -0.15) is 4.98 Å². The highest BCUT2D eigenvalue weighted by atomic mass is 16.5. The summed E-state index contributed by atoms with van der Waals surface area (Å²) in [5.74, 6) is 0.852. The molecule has 1 fully saturated rings. The maximum atomic E-state index is 9.99. The van der Waals surface area contributed by atoms with Gasteiger partial charge < -0.3 is 19.3 Å². The molecule has 4 aromatic rings. The molecule has 5 rings (SSSR count). The van der Waals surface area contributed by atoms with Crippen LogP contribution in [0.5, 0.6) is 5.75 Å². The molecule has 1 aliphatic heterocycles. The zero-order chi connectivity index (χ0) is 21.0. The van der Waals surface area contributed by atoms with Gasteiger partial charge in [-0.3, -0.25) is 0 Å². The third-order valence-electron chi connectivity index (χ3n) is 5.28. The maximum absolute atomic E-state index is 9.99. The number of imidazole rings is 1. The SMILES string of the molecule is Oc1cccc(-c2nc(N3CCOCC3)nc3c2ncn3C/C=C/c2ccccc2)c1. The van der Waals surface area contributed by atoms with Crippen molar-refractivity contribution in [3.63, 3.8) is 0 Å². The van der Waals surface area contributed by atoms with Gasteiger partial charge in [0.05, 0.1) is 19.5 Å². The van der Waals surface area contributed by atoms with E-state index >= 15 is 0 Å². The summed E-state index contributed by atoms with van der Waals surface area (Å²) < 4.78 is 7.51. The molecule has 2 aromatic carbocycles. The number of anilines is 1. The van der Waals surface area contributed by atoms with Crippen LogP contribution >= 0.6 is 0 Å². The lowest BCUT2D eigenvalue weighted by Crippen LogP contribution is -2.37. The van der Waals surface area contributed by atoms with Crippen LogP contribution in [0.3, 0.4) is 0 Å². The van der Waals surface area contributed by atoms with Gasteiger partial charge in [0.25, 0.3) is 0 Å². The van der Waals surface area contributed by atoms with Crippen LogP contribution in [0.2, 0.25) is 0 Å². The predicted octanol–water partition coefficient (Wildman–Crippen LogP) is 3.75. The Morgan fingerprint density at radius 2 is 1.84 bits per heavy atom. The summed E-state index contributed by atoms with van der Waals surface area (Å²) >= 11 is 0. The molecule has 0 bridgehead atoms. The second-order valence-corrected chi connectivity index (χ2v) is 7.40. The summed E-state index contributed by atoms with van der Waals surface area (Å²) in [5, 5.41) is 9.99. The van der Waals surface area contributed by atoms with E-state index < -0.39 is 0 Å². The van der Waals surface area contributed by atoms with E-state index in [4.69, 9.17) is 14.7 Å². The molecule has 0 spiro atoms. The highest BCUT2D eigenvalue weighted by Crippen LogP contribution is 2.29. The predicted molar refractivity (Wildman–Crippen MR) is 121 cm³/mol. The number of fused-ring (bicyclic) bond motifs is 1. The first-order valence-corrected chi connectivity index (χ1v) is 10.3. The molecule has 0 unspecified atom stereocenters. The van der Waals surface area contributed by atoms with Crippen molar-refractivity contribution in [1.29, 1.82) is 0 Å². The molecular formula is C24H23N5O2. The average molecular weight is 413 g/mol. The molecule has 2 aromatic heterocycles. The monoisotopic (exact) mass is 413 g/mol. The number of aromatic hydroxyl groups is 1. The van der Waals surface area contributed by atoms with E-state index in [-0.39, 0.29) is 5.75 Å². The Balaban J connectivity index is 1.56. The van der Waals surface area contributed by atoms with E-state index in [0.717, 1.165) is 35.4 Å². The van der Waals surface area contributed by atoms with Crippen molar-refractivity contribution in [2.24, 2.45) is 0 Å². The van der Waals surface area contributed by atoms with Gasteiger partial charge in [-0.05, 0) is 17.7 Å². The Labute approximate surface area is 180 Å². The molecule has 0 radical (unpaired) electrons. The van der Waals surface area contributed by atoms with Crippen molar-refractivity contribution in [3.8, 4) is 17.0 Å². The number of ether oxygens (including phenoxy) is 1. The van der Waals surface area contributed by atoms with Crippen LogP contribution in [0.15, 0.2) is 67.0 Å². The molecule has 1 N–H and O–H groups in total.